The summed E-state index contributed by atoms with van der Waals surface area (Å²) < 4.78 is 40.4. The van der Waals surface area contributed by atoms with Crippen molar-refractivity contribution < 1.29 is 23.1 Å². The van der Waals surface area contributed by atoms with Gasteiger partial charge in [0.05, 0.1) is 11.3 Å². The van der Waals surface area contributed by atoms with Crippen LogP contribution in [0.4, 0.5) is 24.7 Å². The molecule has 0 saturated heterocycles. The molecule has 0 radical (unpaired) electrons. The topological polar surface area (TPSA) is 79.3 Å². The fraction of sp³-hybridized carbons (Fsp3) is 0.125. The Labute approximate surface area is 139 Å². The Bertz CT molecular complexity index is 993. The lowest BCUT2D eigenvalue weighted by molar-refractivity contribution is -0.137. The van der Waals surface area contributed by atoms with Crippen LogP contribution in [0.1, 0.15) is 21.6 Å². The summed E-state index contributed by atoms with van der Waals surface area (Å²) in [7, 11) is 0. The van der Waals surface area contributed by atoms with Crippen molar-refractivity contribution in [3.05, 3.63) is 59.4 Å². The van der Waals surface area contributed by atoms with Crippen LogP contribution >= 0.6 is 0 Å². The van der Waals surface area contributed by atoms with Crippen LogP contribution in [-0.2, 0) is 6.18 Å². The third-order valence-electron chi connectivity index (χ3n) is 3.48. The molecule has 0 aliphatic carbocycles. The molecule has 6 nitrogen and oxygen atoms in total. The number of benzene rings is 1. The normalized spacial score (nSPS) is 12.2. The Hall–Kier alpha value is -3.23. The average molecular weight is 348 g/mol. The van der Waals surface area contributed by atoms with Crippen molar-refractivity contribution in [3.8, 4) is 0 Å². The number of halogens is 3. The molecule has 0 aliphatic rings. The van der Waals surface area contributed by atoms with Crippen LogP contribution in [0.3, 0.4) is 0 Å². The summed E-state index contributed by atoms with van der Waals surface area (Å²) in [6, 6.07) is 8.04. The Morgan fingerprint density at radius 3 is 2.56 bits per heavy atom. The summed E-state index contributed by atoms with van der Waals surface area (Å²) in [6.45, 7) is 1.73. The number of fused-ring (bicyclic) bond motifs is 1. The number of aromatic nitrogens is 2. The Balaban J connectivity index is 2.16. The number of carboxylic acids is 1. The highest BCUT2D eigenvalue weighted by Gasteiger charge is 2.33. The van der Waals surface area contributed by atoms with E-state index >= 15 is 0 Å². The van der Waals surface area contributed by atoms with Crippen LogP contribution in [-0.4, -0.2) is 20.5 Å². The SMILES string of the molecule is Cc1cccn2c(N=Nc3ccccc3C(F)(F)F)c(C(=O)O)nc12. The summed E-state index contributed by atoms with van der Waals surface area (Å²) in [5, 5.41) is 16.6. The second-order valence-electron chi connectivity index (χ2n) is 5.19. The number of aryl methyl sites for hydroxylation is 1. The fourth-order valence-electron chi connectivity index (χ4n) is 2.33. The van der Waals surface area contributed by atoms with Crippen molar-refractivity contribution in [2.45, 2.75) is 13.1 Å². The van der Waals surface area contributed by atoms with E-state index in [2.05, 4.69) is 15.2 Å². The van der Waals surface area contributed by atoms with Crippen LogP contribution in [0.25, 0.3) is 5.65 Å². The molecule has 9 heteroatoms. The number of carboxylic acid groups (broad SMARTS) is 1. The van der Waals surface area contributed by atoms with Gasteiger partial charge in [0.2, 0.25) is 0 Å². The largest absolute Gasteiger partial charge is 0.476 e. The van der Waals surface area contributed by atoms with Crippen LogP contribution in [0.15, 0.2) is 52.8 Å². The monoisotopic (exact) mass is 348 g/mol. The van der Waals surface area contributed by atoms with Crippen molar-refractivity contribution in [3.63, 3.8) is 0 Å². The Morgan fingerprint density at radius 2 is 1.88 bits per heavy atom. The summed E-state index contributed by atoms with van der Waals surface area (Å²) >= 11 is 0. The van der Waals surface area contributed by atoms with Crippen LogP contribution < -0.4 is 0 Å². The molecular weight excluding hydrogens is 337 g/mol. The molecule has 0 atom stereocenters. The standard InChI is InChI=1S/C16H11F3N4O2/c1-9-5-4-8-23-13(9)20-12(15(24)25)14(23)22-21-11-7-3-2-6-10(11)16(17,18)19/h2-8H,1H3,(H,24,25). The van der Waals surface area contributed by atoms with Gasteiger partial charge in [-0.05, 0) is 30.7 Å². The predicted molar refractivity (Wildman–Crippen MR) is 82.5 cm³/mol. The van der Waals surface area contributed by atoms with Gasteiger partial charge in [-0.15, -0.1) is 10.2 Å². The zero-order valence-electron chi connectivity index (χ0n) is 12.8. The van der Waals surface area contributed by atoms with Gasteiger partial charge in [0.25, 0.3) is 0 Å². The molecule has 0 fully saturated rings. The maximum atomic E-state index is 13.0. The smallest absolute Gasteiger partial charge is 0.418 e. The number of aromatic carboxylic acids is 1. The first-order chi connectivity index (χ1) is 11.8. The third kappa shape index (κ3) is 3.08. The number of carbonyl (C=O) groups is 1. The molecule has 2 aromatic heterocycles. The predicted octanol–water partition coefficient (Wildman–Crippen LogP) is 4.78. The number of hydrogen-bond donors (Lipinski definition) is 1. The van der Waals surface area contributed by atoms with E-state index in [9.17, 15) is 23.1 Å². The average Bonchev–Trinajstić information content (AvgIpc) is 2.93. The minimum absolute atomic E-state index is 0.150. The highest BCUT2D eigenvalue weighted by atomic mass is 19.4. The molecule has 3 rings (SSSR count). The summed E-state index contributed by atoms with van der Waals surface area (Å²) in [4.78, 5) is 15.4. The lowest BCUT2D eigenvalue weighted by atomic mass is 10.2. The van der Waals surface area contributed by atoms with Gasteiger partial charge in [-0.1, -0.05) is 18.2 Å². The number of nitrogens with zero attached hydrogens (tertiary/aromatic N) is 4. The lowest BCUT2D eigenvalue weighted by Crippen LogP contribution is -2.04. The number of imidazole rings is 1. The number of hydrogen-bond acceptors (Lipinski definition) is 4. The van der Waals surface area contributed by atoms with Crippen molar-refractivity contribution >= 4 is 23.1 Å². The first-order valence-electron chi connectivity index (χ1n) is 7.08. The second kappa shape index (κ2) is 6.00. The van der Waals surface area contributed by atoms with E-state index in [1.165, 1.54) is 22.7 Å². The molecule has 0 unspecified atom stereocenters. The van der Waals surface area contributed by atoms with Gasteiger partial charge in [-0.25, -0.2) is 9.78 Å². The first-order valence-corrected chi connectivity index (χ1v) is 7.08. The van der Waals surface area contributed by atoms with Gasteiger partial charge >= 0.3 is 12.1 Å². The molecule has 0 aliphatic heterocycles. The maximum Gasteiger partial charge on any atom is 0.418 e. The quantitative estimate of drug-likeness (QED) is 0.692. The molecule has 0 amide bonds. The minimum atomic E-state index is -4.60. The molecule has 0 saturated carbocycles. The highest BCUT2D eigenvalue weighted by molar-refractivity contribution is 5.92. The van der Waals surface area contributed by atoms with E-state index in [4.69, 9.17) is 0 Å². The third-order valence-corrected chi connectivity index (χ3v) is 3.48. The zero-order chi connectivity index (χ0) is 18.2. The summed E-state index contributed by atoms with van der Waals surface area (Å²) in [6.07, 6.45) is -3.08. The number of pyridine rings is 1. The van der Waals surface area contributed by atoms with Crippen molar-refractivity contribution in [1.82, 2.24) is 9.38 Å². The van der Waals surface area contributed by atoms with Crippen molar-refractivity contribution in [2.75, 3.05) is 0 Å². The minimum Gasteiger partial charge on any atom is -0.476 e. The number of azo groups is 1. The summed E-state index contributed by atoms with van der Waals surface area (Å²) in [5.41, 5.74) is -0.711. The van der Waals surface area contributed by atoms with Gasteiger partial charge in [0, 0.05) is 6.20 Å². The lowest BCUT2D eigenvalue weighted by Gasteiger charge is -2.08. The van der Waals surface area contributed by atoms with E-state index in [1.54, 1.807) is 19.1 Å². The highest BCUT2D eigenvalue weighted by Crippen LogP contribution is 2.37. The van der Waals surface area contributed by atoms with Gasteiger partial charge < -0.3 is 5.11 Å². The number of rotatable bonds is 3. The van der Waals surface area contributed by atoms with Crippen LogP contribution in [0.2, 0.25) is 0 Å². The summed E-state index contributed by atoms with van der Waals surface area (Å²) in [5.74, 6) is -1.50. The van der Waals surface area contributed by atoms with Gasteiger partial charge in [-0.3, -0.25) is 4.40 Å². The van der Waals surface area contributed by atoms with Crippen molar-refractivity contribution in [2.24, 2.45) is 10.2 Å². The van der Waals surface area contributed by atoms with Gasteiger partial charge in [-0.2, -0.15) is 13.2 Å². The molecule has 2 heterocycles. The molecule has 3 aromatic rings. The van der Waals surface area contributed by atoms with E-state index in [0.717, 1.165) is 12.1 Å². The van der Waals surface area contributed by atoms with Crippen LogP contribution in [0, 0.1) is 6.92 Å². The molecule has 0 bridgehead atoms. The maximum absolute atomic E-state index is 13.0. The van der Waals surface area contributed by atoms with Gasteiger partial charge in [0.1, 0.15) is 5.65 Å². The Morgan fingerprint density at radius 1 is 1.16 bits per heavy atom. The molecule has 25 heavy (non-hydrogen) atoms. The molecule has 0 spiro atoms. The zero-order valence-corrected chi connectivity index (χ0v) is 12.8. The van der Waals surface area contributed by atoms with Gasteiger partial charge in [0.15, 0.2) is 11.5 Å². The van der Waals surface area contributed by atoms with E-state index in [-0.39, 0.29) is 11.5 Å². The molecule has 1 aromatic carbocycles. The molecule has 128 valence electrons. The van der Waals surface area contributed by atoms with E-state index < -0.39 is 23.4 Å². The molecular formula is C16H11F3N4O2. The fourth-order valence-corrected chi connectivity index (χ4v) is 2.33. The van der Waals surface area contributed by atoms with Crippen molar-refractivity contribution in [1.29, 1.82) is 0 Å². The second-order valence-corrected chi connectivity index (χ2v) is 5.19. The van der Waals surface area contributed by atoms with E-state index in [0.29, 0.717) is 11.2 Å². The van der Waals surface area contributed by atoms with Crippen LogP contribution in [0.5, 0.6) is 0 Å². The Kier molecular flexibility index (Phi) is 3.99. The number of alkyl halides is 3. The first kappa shape index (κ1) is 16.6. The van der Waals surface area contributed by atoms with E-state index in [1.807, 2.05) is 0 Å². The molecule has 1 N–H and O–H groups in total.